The van der Waals surface area contributed by atoms with Crippen LogP contribution in [0.15, 0.2) is 0 Å². The Morgan fingerprint density at radius 3 is 1.08 bits per heavy atom. The van der Waals surface area contributed by atoms with E-state index in [0.717, 1.165) is 0 Å². The first kappa shape index (κ1) is 24.2. The molecule has 0 aliphatic rings. The Labute approximate surface area is 130 Å². The minimum Gasteiger partial charge on any atom is -0.450 e. The molecule has 0 amide bonds. The zero-order valence-corrected chi connectivity index (χ0v) is 10.9. The van der Waals surface area contributed by atoms with Crippen LogP contribution in [0.25, 0.3) is 0 Å². The van der Waals surface area contributed by atoms with Crippen LogP contribution < -0.4 is 0 Å². The highest BCUT2D eigenvalue weighted by Crippen LogP contribution is 2.71. The zero-order chi connectivity index (χ0) is 21.8. The van der Waals surface area contributed by atoms with E-state index < -0.39 is 48.1 Å². The van der Waals surface area contributed by atoms with Crippen molar-refractivity contribution in [1.82, 2.24) is 0 Å². The van der Waals surface area contributed by atoms with Crippen molar-refractivity contribution in [2.45, 2.75) is 36.5 Å². The average Bonchev–Trinajstić information content (AvgIpc) is 2.19. The highest BCUT2D eigenvalue weighted by atomic mass is 19.4. The first-order valence-electron chi connectivity index (χ1n) is 5.17. The minimum absolute atomic E-state index is 1.74. The van der Waals surface area contributed by atoms with E-state index in [1.165, 1.54) is 0 Å². The van der Waals surface area contributed by atoms with Crippen molar-refractivity contribution in [2.75, 3.05) is 0 Å². The van der Waals surface area contributed by atoms with Gasteiger partial charge in [-0.1, -0.05) is 0 Å². The van der Waals surface area contributed by atoms with Gasteiger partial charge in [-0.15, -0.1) is 0 Å². The van der Waals surface area contributed by atoms with Gasteiger partial charge in [-0.3, -0.25) is 0 Å². The van der Waals surface area contributed by atoms with Crippen LogP contribution in [0.4, 0.5) is 70.7 Å². The van der Waals surface area contributed by atoms with Crippen molar-refractivity contribution in [3.8, 4) is 0 Å². The summed E-state index contributed by atoms with van der Waals surface area (Å²) in [4.78, 5) is 9.73. The van der Waals surface area contributed by atoms with Crippen LogP contribution in [0.2, 0.25) is 0 Å². The Morgan fingerprint density at radius 2 is 0.885 bits per heavy atom. The fourth-order valence-corrected chi connectivity index (χ4v) is 1.67. The van der Waals surface area contributed by atoms with E-state index in [-0.39, 0.29) is 0 Å². The Kier molecular flexibility index (Phi) is 5.46. The smallest absolute Gasteiger partial charge is 0.450 e. The molecular weight excluding hydrogens is 429 g/mol. The summed E-state index contributed by atoms with van der Waals surface area (Å²) in [6.45, 7) is 0. The van der Waals surface area contributed by atoms with Crippen LogP contribution in [0.3, 0.4) is 0 Å². The molecule has 0 heterocycles. The third-order valence-electron chi connectivity index (χ3n) is 2.73. The maximum atomic E-state index is 13.3. The molecule has 0 fully saturated rings. The second-order valence-electron chi connectivity index (χ2n) is 4.28. The molecule has 156 valence electrons. The number of halogens is 15. The summed E-state index contributed by atoms with van der Waals surface area (Å²) >= 11 is 0. The molecule has 0 saturated carbocycles. The molecule has 0 radical (unpaired) electrons. The van der Waals surface area contributed by atoms with Gasteiger partial charge in [-0.25, -0.2) is 4.79 Å². The Morgan fingerprint density at radius 1 is 0.577 bits per heavy atom. The summed E-state index contributed by atoms with van der Waals surface area (Å²) in [7, 11) is 0. The lowest BCUT2D eigenvalue weighted by molar-refractivity contribution is -0.523. The first-order chi connectivity index (χ1) is 10.9. The van der Waals surface area contributed by atoms with Crippen LogP contribution in [-0.4, -0.2) is 47.7 Å². The van der Waals surface area contributed by atoms with Crippen LogP contribution in [0.1, 0.15) is 0 Å². The lowest BCUT2D eigenvalue weighted by Crippen LogP contribution is -2.77. The summed E-state index contributed by atoms with van der Waals surface area (Å²) in [6, 6.07) is 0. The number of carbonyl (C=O) groups is 1. The standard InChI is InChI=1S/C8HF15O3/c9-3(10,7(19,20)21)2(5(13,14)15,6(16,17)18)4(11,12)8(22,23)26-1(24)25/h(H,24,25). The molecule has 1 N–H and O–H groups in total. The lowest BCUT2D eigenvalue weighted by atomic mass is 9.72. The van der Waals surface area contributed by atoms with Crippen LogP contribution >= 0.6 is 0 Å². The maximum Gasteiger partial charge on any atom is 0.510 e. The molecule has 0 aliphatic carbocycles. The van der Waals surface area contributed by atoms with Crippen LogP contribution in [-0.2, 0) is 4.74 Å². The molecule has 0 aromatic heterocycles. The molecule has 0 bridgehead atoms. The van der Waals surface area contributed by atoms with E-state index in [1.54, 1.807) is 4.74 Å². The SMILES string of the molecule is O=C(O)OC(F)(F)C(F)(F)C(C(F)(F)F)(C(F)(F)F)C(F)(F)C(F)(F)F. The molecule has 0 aliphatic heterocycles. The van der Waals surface area contributed by atoms with Crippen LogP contribution in [0, 0.1) is 5.41 Å². The van der Waals surface area contributed by atoms with Crippen LogP contribution in [0.5, 0.6) is 0 Å². The van der Waals surface area contributed by atoms with E-state index in [1.807, 2.05) is 0 Å². The molecule has 0 saturated heterocycles. The topological polar surface area (TPSA) is 46.5 Å². The molecular formula is C8HF15O3. The van der Waals surface area contributed by atoms with Gasteiger partial charge >= 0.3 is 48.1 Å². The summed E-state index contributed by atoms with van der Waals surface area (Å²) < 4.78 is 192. The number of hydrogen-bond donors (Lipinski definition) is 1. The van der Waals surface area contributed by atoms with Gasteiger partial charge in [-0.05, 0) is 0 Å². The predicted octanol–water partition coefficient (Wildman–Crippen LogP) is 5.22. The number of carboxylic acid groups (broad SMARTS) is 1. The number of ether oxygens (including phenoxy) is 1. The van der Waals surface area contributed by atoms with Gasteiger partial charge in [0.25, 0.3) is 0 Å². The van der Waals surface area contributed by atoms with Gasteiger partial charge in [0.1, 0.15) is 0 Å². The molecule has 0 atom stereocenters. The van der Waals surface area contributed by atoms with E-state index in [9.17, 15) is 70.7 Å². The normalized spacial score (nSPS) is 15.8. The molecule has 0 spiro atoms. The Hall–Kier alpha value is -1.78. The monoisotopic (exact) mass is 430 g/mol. The van der Waals surface area contributed by atoms with Crippen molar-refractivity contribution in [2.24, 2.45) is 5.41 Å². The van der Waals surface area contributed by atoms with E-state index in [2.05, 4.69) is 0 Å². The van der Waals surface area contributed by atoms with E-state index in [4.69, 9.17) is 5.11 Å². The van der Waals surface area contributed by atoms with Gasteiger partial charge < -0.3 is 9.84 Å². The number of alkyl halides is 15. The zero-order valence-electron chi connectivity index (χ0n) is 10.9. The van der Waals surface area contributed by atoms with Crippen molar-refractivity contribution in [3.05, 3.63) is 0 Å². The van der Waals surface area contributed by atoms with Gasteiger partial charge in [0.05, 0.1) is 0 Å². The third-order valence-corrected chi connectivity index (χ3v) is 2.73. The van der Waals surface area contributed by atoms with Crippen molar-refractivity contribution >= 4 is 6.16 Å². The minimum atomic E-state index is -8.81. The maximum absolute atomic E-state index is 13.3. The number of hydrogen-bond acceptors (Lipinski definition) is 2. The van der Waals surface area contributed by atoms with Crippen molar-refractivity contribution in [3.63, 3.8) is 0 Å². The lowest BCUT2D eigenvalue weighted by Gasteiger charge is -2.47. The number of rotatable bonds is 4. The highest BCUT2D eigenvalue weighted by Gasteiger charge is 3.01. The van der Waals surface area contributed by atoms with Gasteiger partial charge in [0, 0.05) is 0 Å². The van der Waals surface area contributed by atoms with Gasteiger partial charge in [-0.2, -0.15) is 65.9 Å². The van der Waals surface area contributed by atoms with E-state index >= 15 is 0 Å². The first-order valence-corrected chi connectivity index (χ1v) is 5.17. The van der Waals surface area contributed by atoms with E-state index in [0.29, 0.717) is 0 Å². The Bertz CT molecular complexity index is 525. The molecule has 3 nitrogen and oxygen atoms in total. The van der Waals surface area contributed by atoms with Crippen molar-refractivity contribution < 1.29 is 80.5 Å². The summed E-state index contributed by atoms with van der Waals surface area (Å²) in [5, 5.41) is 7.64. The third kappa shape index (κ3) is 3.06. The fourth-order valence-electron chi connectivity index (χ4n) is 1.67. The van der Waals surface area contributed by atoms with Gasteiger partial charge in [0.2, 0.25) is 0 Å². The molecule has 0 aromatic rings. The fraction of sp³-hybridized carbons (Fsp3) is 0.875. The molecule has 18 heteroatoms. The summed E-state index contributed by atoms with van der Waals surface area (Å²) in [5.41, 5.74) is -8.81. The summed E-state index contributed by atoms with van der Waals surface area (Å²) in [5.74, 6) is -17.1. The quantitative estimate of drug-likeness (QED) is 0.492. The second kappa shape index (κ2) is 5.86. The molecule has 0 aromatic carbocycles. The largest absolute Gasteiger partial charge is 0.510 e. The molecule has 26 heavy (non-hydrogen) atoms. The van der Waals surface area contributed by atoms with Gasteiger partial charge in [0.15, 0.2) is 0 Å². The second-order valence-corrected chi connectivity index (χ2v) is 4.28. The molecule has 0 unspecified atom stereocenters. The predicted molar refractivity (Wildman–Crippen MR) is 44.5 cm³/mol. The van der Waals surface area contributed by atoms with Crippen molar-refractivity contribution in [1.29, 1.82) is 0 Å². The highest BCUT2D eigenvalue weighted by molar-refractivity contribution is 5.57. The summed E-state index contributed by atoms with van der Waals surface area (Å²) in [6.07, 6.45) is -36.3. The average molecular weight is 430 g/mol. The Balaban J connectivity index is 7.37. The molecule has 0 rings (SSSR count).